The quantitative estimate of drug-likeness (QED) is 0.879. The topological polar surface area (TPSA) is 68.0 Å². The van der Waals surface area contributed by atoms with Crippen LogP contribution in [0.2, 0.25) is 0 Å². The molecule has 2 aromatic rings. The van der Waals surface area contributed by atoms with E-state index in [-0.39, 0.29) is 6.54 Å². The predicted octanol–water partition coefficient (Wildman–Crippen LogP) is 2.18. The standard InChI is InChI=1S/C11H7F4N3O2/c12-7-3-1-6(2-4-7)5-18-9(11(13,14)15)8(10(19)20)16-17-18/h1-4H,5H2,(H,19,20). The average molecular weight is 289 g/mol. The first-order valence-corrected chi connectivity index (χ1v) is 5.27. The van der Waals surface area contributed by atoms with Crippen LogP contribution in [0.3, 0.4) is 0 Å². The maximum absolute atomic E-state index is 12.8. The minimum atomic E-state index is -4.91. The Morgan fingerprint density at radius 3 is 2.35 bits per heavy atom. The summed E-state index contributed by atoms with van der Waals surface area (Å²) in [5, 5.41) is 14.9. The van der Waals surface area contributed by atoms with Crippen molar-refractivity contribution in [3.05, 3.63) is 47.0 Å². The van der Waals surface area contributed by atoms with Gasteiger partial charge in [-0.3, -0.25) is 0 Å². The lowest BCUT2D eigenvalue weighted by Gasteiger charge is -2.10. The molecule has 0 aliphatic heterocycles. The van der Waals surface area contributed by atoms with Crippen molar-refractivity contribution in [1.82, 2.24) is 15.0 Å². The Labute approximate surface area is 109 Å². The third-order valence-electron chi connectivity index (χ3n) is 2.45. The highest BCUT2D eigenvalue weighted by atomic mass is 19.4. The van der Waals surface area contributed by atoms with E-state index < -0.39 is 29.4 Å². The normalized spacial score (nSPS) is 11.6. The van der Waals surface area contributed by atoms with Crippen molar-refractivity contribution in [2.75, 3.05) is 0 Å². The van der Waals surface area contributed by atoms with Crippen LogP contribution in [0, 0.1) is 5.82 Å². The van der Waals surface area contributed by atoms with Gasteiger partial charge in [0.2, 0.25) is 5.69 Å². The molecule has 9 heteroatoms. The molecule has 0 spiro atoms. The van der Waals surface area contributed by atoms with Crippen LogP contribution in [0.5, 0.6) is 0 Å². The second kappa shape index (κ2) is 4.91. The minimum absolute atomic E-state index is 0.332. The summed E-state index contributed by atoms with van der Waals surface area (Å²) >= 11 is 0. The highest BCUT2D eigenvalue weighted by Crippen LogP contribution is 2.31. The number of rotatable bonds is 3. The van der Waals surface area contributed by atoms with E-state index in [4.69, 9.17) is 5.11 Å². The highest BCUT2D eigenvalue weighted by molar-refractivity contribution is 5.86. The van der Waals surface area contributed by atoms with E-state index in [0.717, 1.165) is 12.1 Å². The van der Waals surface area contributed by atoms with Gasteiger partial charge in [0.15, 0.2) is 5.69 Å². The zero-order chi connectivity index (χ0) is 14.9. The van der Waals surface area contributed by atoms with Gasteiger partial charge in [-0.05, 0) is 17.7 Å². The molecule has 1 aromatic heterocycles. The molecule has 0 atom stereocenters. The summed E-state index contributed by atoms with van der Waals surface area (Å²) in [4.78, 5) is 10.7. The Hall–Kier alpha value is -2.45. The summed E-state index contributed by atoms with van der Waals surface area (Å²) in [7, 11) is 0. The smallest absolute Gasteiger partial charge is 0.435 e. The number of carboxylic acids is 1. The number of alkyl halides is 3. The molecule has 20 heavy (non-hydrogen) atoms. The number of aromatic carboxylic acids is 1. The summed E-state index contributed by atoms with van der Waals surface area (Å²) in [6, 6.07) is 4.71. The second-order valence-electron chi connectivity index (χ2n) is 3.87. The fraction of sp³-hybridized carbons (Fsp3) is 0.182. The van der Waals surface area contributed by atoms with Crippen LogP contribution in [-0.4, -0.2) is 26.1 Å². The molecule has 106 valence electrons. The molecule has 1 heterocycles. The third-order valence-corrected chi connectivity index (χ3v) is 2.45. The number of carbonyl (C=O) groups is 1. The van der Waals surface area contributed by atoms with Gasteiger partial charge in [0.1, 0.15) is 5.82 Å². The molecule has 0 saturated carbocycles. The van der Waals surface area contributed by atoms with E-state index in [1.165, 1.54) is 12.1 Å². The lowest BCUT2D eigenvalue weighted by molar-refractivity contribution is -0.144. The van der Waals surface area contributed by atoms with E-state index in [2.05, 4.69) is 10.3 Å². The number of carboxylic acid groups (broad SMARTS) is 1. The van der Waals surface area contributed by atoms with Crippen molar-refractivity contribution in [2.24, 2.45) is 0 Å². The van der Waals surface area contributed by atoms with Crippen LogP contribution in [0.15, 0.2) is 24.3 Å². The second-order valence-corrected chi connectivity index (χ2v) is 3.87. The van der Waals surface area contributed by atoms with Gasteiger partial charge < -0.3 is 5.11 Å². The average Bonchev–Trinajstić information content (AvgIpc) is 2.76. The van der Waals surface area contributed by atoms with E-state index in [0.29, 0.717) is 10.2 Å². The number of nitrogens with zero attached hydrogens (tertiary/aromatic N) is 3. The van der Waals surface area contributed by atoms with Gasteiger partial charge in [0, 0.05) is 0 Å². The molecule has 0 aliphatic rings. The van der Waals surface area contributed by atoms with Crippen molar-refractivity contribution in [1.29, 1.82) is 0 Å². The molecule has 1 aromatic carbocycles. The molecule has 0 aliphatic carbocycles. The summed E-state index contributed by atoms with van der Waals surface area (Å²) < 4.78 is 51.7. The van der Waals surface area contributed by atoms with E-state index in [1.54, 1.807) is 0 Å². The summed E-state index contributed by atoms with van der Waals surface area (Å²) in [6.45, 7) is -0.366. The van der Waals surface area contributed by atoms with Crippen LogP contribution in [0.25, 0.3) is 0 Å². The molecule has 1 N–H and O–H groups in total. The molecule has 0 bridgehead atoms. The molecule has 2 rings (SSSR count). The Morgan fingerprint density at radius 2 is 1.85 bits per heavy atom. The maximum atomic E-state index is 12.8. The first-order valence-electron chi connectivity index (χ1n) is 5.27. The number of halogens is 4. The Balaban J connectivity index is 2.42. The summed E-state index contributed by atoms with van der Waals surface area (Å²) in [6.07, 6.45) is -4.91. The van der Waals surface area contributed by atoms with Gasteiger partial charge in [0.25, 0.3) is 0 Å². The van der Waals surface area contributed by atoms with Crippen LogP contribution in [0.4, 0.5) is 17.6 Å². The molecule has 0 radical (unpaired) electrons. The monoisotopic (exact) mass is 289 g/mol. The molecule has 0 unspecified atom stereocenters. The fourth-order valence-electron chi connectivity index (χ4n) is 1.61. The van der Waals surface area contributed by atoms with Crippen LogP contribution >= 0.6 is 0 Å². The van der Waals surface area contributed by atoms with E-state index in [1.807, 2.05) is 0 Å². The molecule has 5 nitrogen and oxygen atoms in total. The van der Waals surface area contributed by atoms with Crippen molar-refractivity contribution in [2.45, 2.75) is 12.7 Å². The molecular weight excluding hydrogens is 282 g/mol. The predicted molar refractivity (Wildman–Crippen MR) is 57.5 cm³/mol. The van der Waals surface area contributed by atoms with Crippen molar-refractivity contribution in [3.8, 4) is 0 Å². The van der Waals surface area contributed by atoms with E-state index in [9.17, 15) is 22.4 Å². The van der Waals surface area contributed by atoms with E-state index >= 15 is 0 Å². The largest absolute Gasteiger partial charge is 0.476 e. The van der Waals surface area contributed by atoms with Gasteiger partial charge in [-0.15, -0.1) is 5.10 Å². The van der Waals surface area contributed by atoms with Crippen LogP contribution < -0.4 is 0 Å². The highest BCUT2D eigenvalue weighted by Gasteiger charge is 2.41. The Kier molecular flexibility index (Phi) is 3.43. The SMILES string of the molecule is O=C(O)c1nnn(Cc2ccc(F)cc2)c1C(F)(F)F. The van der Waals surface area contributed by atoms with Gasteiger partial charge in [0.05, 0.1) is 6.54 Å². The Bertz CT molecular complexity index is 634. The minimum Gasteiger partial charge on any atom is -0.476 e. The molecule has 0 saturated heterocycles. The fourth-order valence-corrected chi connectivity index (χ4v) is 1.61. The first kappa shape index (κ1) is 14.0. The van der Waals surface area contributed by atoms with Gasteiger partial charge >= 0.3 is 12.1 Å². The Morgan fingerprint density at radius 1 is 1.25 bits per heavy atom. The molecule has 0 fully saturated rings. The summed E-state index contributed by atoms with van der Waals surface area (Å²) in [5.41, 5.74) is -2.28. The number of aromatic nitrogens is 3. The number of hydrogen-bond donors (Lipinski definition) is 1. The summed E-state index contributed by atoms with van der Waals surface area (Å²) in [5.74, 6) is -2.35. The zero-order valence-electron chi connectivity index (χ0n) is 9.73. The lowest BCUT2D eigenvalue weighted by Crippen LogP contribution is -2.18. The lowest BCUT2D eigenvalue weighted by atomic mass is 10.2. The van der Waals surface area contributed by atoms with Gasteiger partial charge in [-0.1, -0.05) is 17.3 Å². The maximum Gasteiger partial charge on any atom is 0.435 e. The first-order chi connectivity index (χ1) is 9.29. The van der Waals surface area contributed by atoms with Gasteiger partial charge in [-0.2, -0.15) is 13.2 Å². The van der Waals surface area contributed by atoms with Crippen LogP contribution in [0.1, 0.15) is 21.7 Å². The molecule has 0 amide bonds. The number of hydrogen-bond acceptors (Lipinski definition) is 3. The third kappa shape index (κ3) is 2.76. The van der Waals surface area contributed by atoms with Crippen molar-refractivity contribution >= 4 is 5.97 Å². The number of benzene rings is 1. The molecular formula is C11H7F4N3O2. The zero-order valence-corrected chi connectivity index (χ0v) is 9.73. The van der Waals surface area contributed by atoms with Gasteiger partial charge in [-0.25, -0.2) is 13.9 Å². The van der Waals surface area contributed by atoms with Crippen LogP contribution in [-0.2, 0) is 12.7 Å². The van der Waals surface area contributed by atoms with Crippen molar-refractivity contribution < 1.29 is 27.5 Å². The van der Waals surface area contributed by atoms with Crippen molar-refractivity contribution in [3.63, 3.8) is 0 Å².